The highest BCUT2D eigenvalue weighted by molar-refractivity contribution is 5.67. The molecule has 0 radical (unpaired) electrons. The summed E-state index contributed by atoms with van der Waals surface area (Å²) < 4.78 is 5.44. The zero-order valence-electron chi connectivity index (χ0n) is 17.9. The van der Waals surface area contributed by atoms with Gasteiger partial charge in [-0.05, 0) is 79.1 Å². The summed E-state index contributed by atoms with van der Waals surface area (Å²) in [5.41, 5.74) is 8.96. The number of allylic oxidation sites excluding steroid dienone is 4. The van der Waals surface area contributed by atoms with E-state index in [9.17, 15) is 0 Å². The molecule has 0 aliphatic carbocycles. The van der Waals surface area contributed by atoms with Crippen molar-refractivity contribution in [3.05, 3.63) is 107 Å². The Labute approximate surface area is 175 Å². The average molecular weight is 383 g/mol. The minimum absolute atomic E-state index is 0.906. The van der Waals surface area contributed by atoms with Crippen molar-refractivity contribution in [1.29, 1.82) is 0 Å². The van der Waals surface area contributed by atoms with Crippen molar-refractivity contribution in [3.8, 4) is 16.9 Å². The van der Waals surface area contributed by atoms with Crippen LogP contribution in [0.2, 0.25) is 0 Å². The molecule has 0 amide bonds. The smallest absolute Gasteiger partial charge is 0.119 e. The SMILES string of the molecule is C/C=C(\C=C(/C)c1ccccc1)CCc1cccc(-c2cc(C)cc(OC)c2)c1. The second kappa shape index (κ2) is 9.93. The Balaban J connectivity index is 1.74. The highest BCUT2D eigenvalue weighted by Crippen LogP contribution is 2.27. The van der Waals surface area contributed by atoms with Crippen LogP contribution in [0.15, 0.2) is 90.5 Å². The van der Waals surface area contributed by atoms with Gasteiger partial charge in [0.15, 0.2) is 0 Å². The van der Waals surface area contributed by atoms with Crippen molar-refractivity contribution < 1.29 is 4.74 Å². The molecule has 29 heavy (non-hydrogen) atoms. The first-order valence-electron chi connectivity index (χ1n) is 10.2. The number of benzene rings is 3. The molecule has 148 valence electrons. The van der Waals surface area contributed by atoms with Gasteiger partial charge >= 0.3 is 0 Å². The lowest BCUT2D eigenvalue weighted by atomic mass is 9.97. The molecule has 0 N–H and O–H groups in total. The summed E-state index contributed by atoms with van der Waals surface area (Å²) in [6.45, 7) is 6.42. The lowest BCUT2D eigenvalue weighted by Gasteiger charge is -2.10. The summed E-state index contributed by atoms with van der Waals surface area (Å²) in [5.74, 6) is 0.906. The third-order valence-electron chi connectivity index (χ3n) is 5.25. The second-order valence-corrected chi connectivity index (χ2v) is 7.50. The predicted molar refractivity (Wildman–Crippen MR) is 125 cm³/mol. The quantitative estimate of drug-likeness (QED) is 0.381. The topological polar surface area (TPSA) is 9.23 Å². The molecular formula is C28H30O. The molecule has 1 nitrogen and oxygen atoms in total. The van der Waals surface area contributed by atoms with E-state index in [-0.39, 0.29) is 0 Å². The largest absolute Gasteiger partial charge is 0.497 e. The van der Waals surface area contributed by atoms with Crippen LogP contribution in [0.1, 0.15) is 37.0 Å². The van der Waals surface area contributed by atoms with Gasteiger partial charge in [-0.2, -0.15) is 0 Å². The van der Waals surface area contributed by atoms with E-state index in [0.717, 1.165) is 18.6 Å². The van der Waals surface area contributed by atoms with Crippen molar-refractivity contribution in [2.75, 3.05) is 7.11 Å². The molecule has 0 saturated heterocycles. The van der Waals surface area contributed by atoms with Crippen molar-refractivity contribution in [1.82, 2.24) is 0 Å². The highest BCUT2D eigenvalue weighted by Gasteiger charge is 2.04. The Hall–Kier alpha value is -3.06. The fraction of sp³-hybridized carbons (Fsp3) is 0.214. The zero-order valence-corrected chi connectivity index (χ0v) is 17.9. The minimum atomic E-state index is 0.906. The molecule has 0 aliphatic heterocycles. The van der Waals surface area contributed by atoms with E-state index in [0.29, 0.717) is 0 Å². The molecule has 3 rings (SSSR count). The molecular weight excluding hydrogens is 352 g/mol. The maximum atomic E-state index is 5.44. The summed E-state index contributed by atoms with van der Waals surface area (Å²) in [4.78, 5) is 0. The van der Waals surface area contributed by atoms with Gasteiger partial charge in [0.25, 0.3) is 0 Å². The third-order valence-corrected chi connectivity index (χ3v) is 5.25. The molecule has 0 spiro atoms. The summed E-state index contributed by atoms with van der Waals surface area (Å²) in [6, 6.07) is 25.8. The highest BCUT2D eigenvalue weighted by atomic mass is 16.5. The van der Waals surface area contributed by atoms with Crippen LogP contribution in [0.3, 0.4) is 0 Å². The Morgan fingerprint density at radius 3 is 2.41 bits per heavy atom. The van der Waals surface area contributed by atoms with Gasteiger partial charge in [-0.15, -0.1) is 0 Å². The Morgan fingerprint density at radius 2 is 1.69 bits per heavy atom. The van der Waals surface area contributed by atoms with Gasteiger partial charge in [-0.25, -0.2) is 0 Å². The number of hydrogen-bond donors (Lipinski definition) is 0. The van der Waals surface area contributed by atoms with Crippen molar-refractivity contribution in [2.24, 2.45) is 0 Å². The van der Waals surface area contributed by atoms with Crippen LogP contribution < -0.4 is 4.74 Å². The number of aryl methyl sites for hydroxylation is 2. The maximum Gasteiger partial charge on any atom is 0.119 e. The molecule has 3 aromatic rings. The number of ether oxygens (including phenoxy) is 1. The zero-order chi connectivity index (χ0) is 20.6. The Morgan fingerprint density at radius 1 is 0.897 bits per heavy atom. The van der Waals surface area contributed by atoms with E-state index in [1.54, 1.807) is 7.11 Å². The van der Waals surface area contributed by atoms with Crippen LogP contribution in [0.5, 0.6) is 5.75 Å². The molecule has 0 fully saturated rings. The van der Waals surface area contributed by atoms with Crippen molar-refractivity contribution in [3.63, 3.8) is 0 Å². The molecule has 1 heteroatoms. The van der Waals surface area contributed by atoms with Gasteiger partial charge in [0.2, 0.25) is 0 Å². The van der Waals surface area contributed by atoms with Crippen LogP contribution in [-0.4, -0.2) is 7.11 Å². The predicted octanol–water partition coefficient (Wildman–Crippen LogP) is 7.65. The number of hydrogen-bond acceptors (Lipinski definition) is 1. The molecule has 0 aliphatic rings. The first-order chi connectivity index (χ1) is 14.1. The van der Waals surface area contributed by atoms with Crippen LogP contribution in [0.4, 0.5) is 0 Å². The normalized spacial score (nSPS) is 12.1. The standard InChI is InChI=1S/C28H30O/c1-5-23(18-22(3)25-11-7-6-8-12-25)14-15-24-10-9-13-26(19-24)27-16-21(2)17-28(20-27)29-4/h5-13,16-20H,14-15H2,1-4H3/b22-18+,23-5-. The van der Waals surface area contributed by atoms with E-state index < -0.39 is 0 Å². The monoisotopic (exact) mass is 382 g/mol. The molecule has 3 aromatic carbocycles. The van der Waals surface area contributed by atoms with E-state index in [4.69, 9.17) is 4.74 Å². The Bertz CT molecular complexity index is 1010. The van der Waals surface area contributed by atoms with Gasteiger partial charge in [-0.1, -0.05) is 78.4 Å². The van der Waals surface area contributed by atoms with Crippen molar-refractivity contribution in [2.45, 2.75) is 33.6 Å². The average Bonchev–Trinajstić information content (AvgIpc) is 2.76. The van der Waals surface area contributed by atoms with Gasteiger partial charge in [0, 0.05) is 0 Å². The first kappa shape index (κ1) is 20.7. The van der Waals surface area contributed by atoms with Gasteiger partial charge in [0.1, 0.15) is 5.75 Å². The summed E-state index contributed by atoms with van der Waals surface area (Å²) in [5, 5.41) is 0. The maximum absolute atomic E-state index is 5.44. The molecule has 0 unspecified atom stereocenters. The molecule has 0 saturated carbocycles. The van der Waals surface area contributed by atoms with Gasteiger partial charge in [-0.3, -0.25) is 0 Å². The van der Waals surface area contributed by atoms with E-state index in [1.807, 2.05) is 0 Å². The minimum Gasteiger partial charge on any atom is -0.497 e. The summed E-state index contributed by atoms with van der Waals surface area (Å²) >= 11 is 0. The second-order valence-electron chi connectivity index (χ2n) is 7.50. The van der Waals surface area contributed by atoms with Gasteiger partial charge < -0.3 is 4.74 Å². The van der Waals surface area contributed by atoms with Crippen LogP contribution in [-0.2, 0) is 6.42 Å². The molecule has 0 bridgehead atoms. The molecule has 0 atom stereocenters. The lowest BCUT2D eigenvalue weighted by Crippen LogP contribution is -1.91. The van der Waals surface area contributed by atoms with Gasteiger partial charge in [0.05, 0.1) is 7.11 Å². The Kier molecular flexibility index (Phi) is 7.08. The summed E-state index contributed by atoms with van der Waals surface area (Å²) in [7, 11) is 1.72. The molecule has 0 aromatic heterocycles. The van der Waals surface area contributed by atoms with Crippen LogP contribution >= 0.6 is 0 Å². The van der Waals surface area contributed by atoms with Crippen molar-refractivity contribution >= 4 is 5.57 Å². The summed E-state index contributed by atoms with van der Waals surface area (Å²) in [6.07, 6.45) is 6.59. The van der Waals surface area contributed by atoms with Crippen LogP contribution in [0, 0.1) is 6.92 Å². The fourth-order valence-corrected chi connectivity index (χ4v) is 3.59. The third kappa shape index (κ3) is 5.71. The first-order valence-corrected chi connectivity index (χ1v) is 10.2. The molecule has 0 heterocycles. The van der Waals surface area contributed by atoms with E-state index >= 15 is 0 Å². The fourth-order valence-electron chi connectivity index (χ4n) is 3.59. The lowest BCUT2D eigenvalue weighted by molar-refractivity contribution is 0.414. The van der Waals surface area contributed by atoms with Crippen LogP contribution in [0.25, 0.3) is 16.7 Å². The number of methoxy groups -OCH3 is 1. The van der Waals surface area contributed by atoms with E-state index in [2.05, 4.69) is 106 Å². The van der Waals surface area contributed by atoms with E-state index in [1.165, 1.54) is 39.0 Å². The number of rotatable bonds is 7.